The highest BCUT2D eigenvalue weighted by molar-refractivity contribution is 5.91. The van der Waals surface area contributed by atoms with Crippen LogP contribution in [0.5, 0.6) is 0 Å². The van der Waals surface area contributed by atoms with Gasteiger partial charge in [-0.15, -0.1) is 0 Å². The van der Waals surface area contributed by atoms with Gasteiger partial charge >= 0.3 is 11.9 Å². The zero-order valence-corrected chi connectivity index (χ0v) is 13.0. The number of ether oxygens (including phenoxy) is 2. The molecule has 5 heteroatoms. The summed E-state index contributed by atoms with van der Waals surface area (Å²) in [5, 5.41) is 10.7. The molecule has 1 aliphatic heterocycles. The largest absolute Gasteiger partial charge is 0.461 e. The summed E-state index contributed by atoms with van der Waals surface area (Å²) < 4.78 is 10.9. The Balaban J connectivity index is 2.09. The fourth-order valence-corrected chi connectivity index (χ4v) is 3.89. The van der Waals surface area contributed by atoms with Crippen molar-refractivity contribution in [3.05, 3.63) is 35.5 Å². The van der Waals surface area contributed by atoms with E-state index in [2.05, 4.69) is 6.58 Å². The Morgan fingerprint density at radius 1 is 1.55 bits per heavy atom. The summed E-state index contributed by atoms with van der Waals surface area (Å²) in [5.41, 5.74) is 1.20. The molecule has 2 aliphatic carbocycles. The van der Waals surface area contributed by atoms with Gasteiger partial charge < -0.3 is 14.6 Å². The van der Waals surface area contributed by atoms with E-state index in [1.807, 2.05) is 13.0 Å². The van der Waals surface area contributed by atoms with Crippen LogP contribution in [-0.2, 0) is 19.1 Å². The highest BCUT2D eigenvalue weighted by Gasteiger charge is 2.56. The topological polar surface area (TPSA) is 72.8 Å². The van der Waals surface area contributed by atoms with E-state index >= 15 is 0 Å². The Morgan fingerprint density at radius 2 is 2.23 bits per heavy atom. The highest BCUT2D eigenvalue weighted by Crippen LogP contribution is 2.49. The molecular weight excluding hydrogens is 284 g/mol. The summed E-state index contributed by atoms with van der Waals surface area (Å²) in [6, 6.07) is 0. The molecule has 0 unspecified atom stereocenters. The number of aliphatic hydroxyl groups is 1. The smallest absolute Gasteiger partial charge is 0.334 e. The second-order valence-corrected chi connectivity index (χ2v) is 6.55. The number of hydrogen-bond acceptors (Lipinski definition) is 5. The monoisotopic (exact) mass is 304 g/mol. The second-order valence-electron chi connectivity index (χ2n) is 6.55. The van der Waals surface area contributed by atoms with Crippen molar-refractivity contribution in [2.75, 3.05) is 0 Å². The minimum Gasteiger partial charge on any atom is -0.461 e. The number of rotatable bonds is 1. The Morgan fingerprint density at radius 3 is 2.86 bits per heavy atom. The van der Waals surface area contributed by atoms with Gasteiger partial charge in [0.05, 0.1) is 17.4 Å². The molecule has 0 radical (unpaired) electrons. The van der Waals surface area contributed by atoms with Gasteiger partial charge in [0.15, 0.2) is 0 Å². The van der Waals surface area contributed by atoms with Crippen LogP contribution < -0.4 is 0 Å². The predicted molar refractivity (Wildman–Crippen MR) is 78.6 cm³/mol. The molecule has 5 atom stereocenters. The quantitative estimate of drug-likeness (QED) is 0.589. The first-order valence-electron chi connectivity index (χ1n) is 7.40. The molecule has 1 N–H and O–H groups in total. The van der Waals surface area contributed by atoms with E-state index in [1.165, 1.54) is 6.92 Å². The molecule has 1 heterocycles. The molecule has 1 fully saturated rings. The van der Waals surface area contributed by atoms with Crippen molar-refractivity contribution in [3.63, 3.8) is 0 Å². The number of esters is 2. The van der Waals surface area contributed by atoms with Crippen LogP contribution >= 0.6 is 0 Å². The summed E-state index contributed by atoms with van der Waals surface area (Å²) in [6.45, 7) is 8.82. The maximum Gasteiger partial charge on any atom is 0.334 e. The SMILES string of the molecule is C=C1C(=O)O[C@H]2[C@H]1[C@@H](OC(C)=O)CC(C)=C1C=C[C@](C)(O)[C@@H]12. The predicted octanol–water partition coefficient (Wildman–Crippen LogP) is 1.67. The molecular formula is C17H20O5. The summed E-state index contributed by atoms with van der Waals surface area (Å²) in [4.78, 5) is 23.4. The van der Waals surface area contributed by atoms with Crippen LogP contribution in [0.4, 0.5) is 0 Å². The van der Waals surface area contributed by atoms with Crippen LogP contribution in [0.1, 0.15) is 27.2 Å². The molecule has 0 amide bonds. The summed E-state index contributed by atoms with van der Waals surface area (Å²) in [6.07, 6.45) is 3.05. The fraction of sp³-hybridized carbons (Fsp3) is 0.529. The minimum absolute atomic E-state index is 0.313. The first kappa shape index (κ1) is 15.0. The van der Waals surface area contributed by atoms with Crippen molar-refractivity contribution in [2.24, 2.45) is 11.8 Å². The van der Waals surface area contributed by atoms with E-state index in [1.54, 1.807) is 13.0 Å². The lowest BCUT2D eigenvalue weighted by atomic mass is 9.78. The molecule has 0 spiro atoms. The Labute approximate surface area is 129 Å². The molecule has 3 aliphatic rings. The zero-order valence-electron chi connectivity index (χ0n) is 13.0. The average Bonchev–Trinajstić information content (AvgIpc) is 2.81. The third kappa shape index (κ3) is 2.11. The van der Waals surface area contributed by atoms with Crippen LogP contribution in [0.2, 0.25) is 0 Å². The van der Waals surface area contributed by atoms with Gasteiger partial charge in [0.2, 0.25) is 0 Å². The van der Waals surface area contributed by atoms with E-state index in [-0.39, 0.29) is 5.92 Å². The average molecular weight is 304 g/mol. The van der Waals surface area contributed by atoms with E-state index in [4.69, 9.17) is 9.47 Å². The van der Waals surface area contributed by atoms with Crippen molar-refractivity contribution in [2.45, 2.75) is 45.0 Å². The molecule has 118 valence electrons. The molecule has 1 saturated heterocycles. The van der Waals surface area contributed by atoms with Gasteiger partial charge in [-0.2, -0.15) is 0 Å². The van der Waals surface area contributed by atoms with E-state index in [0.717, 1.165) is 11.1 Å². The first-order valence-corrected chi connectivity index (χ1v) is 7.40. The standard InChI is InChI=1S/C17H20O5/c1-8-7-12(21-10(3)18)13-9(2)16(19)22-15(13)14-11(8)5-6-17(14,4)20/h5-6,12-15,20H,2,7H2,1,3-4H3/t12-,13+,14-,15-,17-/m0/s1. The number of fused-ring (bicyclic) bond motifs is 3. The lowest BCUT2D eigenvalue weighted by Gasteiger charge is -2.33. The highest BCUT2D eigenvalue weighted by atomic mass is 16.6. The van der Waals surface area contributed by atoms with E-state index in [9.17, 15) is 14.7 Å². The van der Waals surface area contributed by atoms with Crippen molar-refractivity contribution in [3.8, 4) is 0 Å². The summed E-state index contributed by atoms with van der Waals surface area (Å²) in [5.74, 6) is -1.67. The van der Waals surface area contributed by atoms with Gasteiger partial charge in [-0.1, -0.05) is 24.3 Å². The molecule has 0 saturated carbocycles. The van der Waals surface area contributed by atoms with Crippen molar-refractivity contribution < 1.29 is 24.2 Å². The number of carbonyl (C=O) groups excluding carboxylic acids is 2. The van der Waals surface area contributed by atoms with E-state index < -0.39 is 35.7 Å². The Bertz CT molecular complexity index is 625. The molecule has 0 aromatic rings. The lowest BCUT2D eigenvalue weighted by molar-refractivity contribution is -0.151. The van der Waals surface area contributed by atoms with Crippen LogP contribution in [0.3, 0.4) is 0 Å². The van der Waals surface area contributed by atoms with Gasteiger partial charge in [-0.25, -0.2) is 4.79 Å². The van der Waals surface area contributed by atoms with Gasteiger partial charge in [0.1, 0.15) is 12.2 Å². The fourth-order valence-electron chi connectivity index (χ4n) is 3.89. The minimum atomic E-state index is -1.10. The molecule has 3 rings (SSSR count). The molecule has 22 heavy (non-hydrogen) atoms. The van der Waals surface area contributed by atoms with Gasteiger partial charge in [0.25, 0.3) is 0 Å². The maximum atomic E-state index is 12.0. The van der Waals surface area contributed by atoms with Gasteiger partial charge in [-0.3, -0.25) is 4.79 Å². The summed E-state index contributed by atoms with van der Waals surface area (Å²) in [7, 11) is 0. The van der Waals surface area contributed by atoms with Crippen LogP contribution in [-0.4, -0.2) is 34.9 Å². The third-order valence-electron chi connectivity index (χ3n) is 4.87. The number of carbonyl (C=O) groups is 2. The van der Waals surface area contributed by atoms with Crippen molar-refractivity contribution in [1.82, 2.24) is 0 Å². The van der Waals surface area contributed by atoms with E-state index in [0.29, 0.717) is 12.0 Å². The third-order valence-corrected chi connectivity index (χ3v) is 4.87. The molecule has 5 nitrogen and oxygen atoms in total. The number of hydrogen-bond donors (Lipinski definition) is 1. The van der Waals surface area contributed by atoms with Gasteiger partial charge in [0, 0.05) is 18.9 Å². The second kappa shape index (κ2) is 4.81. The molecule has 0 aromatic carbocycles. The lowest BCUT2D eigenvalue weighted by Crippen LogP contribution is -2.43. The summed E-state index contributed by atoms with van der Waals surface area (Å²) >= 11 is 0. The normalized spacial score (nSPS) is 40.2. The molecule has 0 aromatic heterocycles. The Kier molecular flexibility index (Phi) is 3.29. The first-order chi connectivity index (χ1) is 10.2. The van der Waals surface area contributed by atoms with Crippen LogP contribution in [0.15, 0.2) is 35.5 Å². The molecule has 0 bridgehead atoms. The number of allylic oxidation sites excluding steroid dienone is 1. The maximum absolute atomic E-state index is 12.0. The Hall–Kier alpha value is -1.88. The zero-order chi connectivity index (χ0) is 16.2. The van der Waals surface area contributed by atoms with Gasteiger partial charge in [-0.05, 0) is 19.4 Å². The van der Waals surface area contributed by atoms with Crippen LogP contribution in [0.25, 0.3) is 0 Å². The van der Waals surface area contributed by atoms with Crippen molar-refractivity contribution >= 4 is 11.9 Å². The van der Waals surface area contributed by atoms with Crippen molar-refractivity contribution in [1.29, 1.82) is 0 Å². The van der Waals surface area contributed by atoms with Crippen LogP contribution in [0, 0.1) is 11.8 Å².